The number of hydrogen-bond donors (Lipinski definition) is 2. The van der Waals surface area contributed by atoms with Gasteiger partial charge in [0, 0.05) is 6.42 Å². The summed E-state index contributed by atoms with van der Waals surface area (Å²) in [4.78, 5) is 38.7. The second-order valence-electron chi connectivity index (χ2n) is 11.6. The fraction of sp³-hybridized carbons (Fsp3) is 0.516. The van der Waals surface area contributed by atoms with Gasteiger partial charge in [-0.1, -0.05) is 60.7 Å². The van der Waals surface area contributed by atoms with Gasteiger partial charge in [0.15, 0.2) is 30.1 Å². The van der Waals surface area contributed by atoms with Crippen molar-refractivity contribution in [2.45, 2.75) is 89.0 Å². The van der Waals surface area contributed by atoms with Crippen LogP contribution in [-0.4, -0.2) is 79.4 Å². The van der Waals surface area contributed by atoms with Crippen LogP contribution < -0.4 is 10.6 Å². The molecule has 0 radical (unpaired) electrons. The number of amides is 2. The molecule has 0 spiro atoms. The maximum Gasteiger partial charge on any atom is 0.407 e. The lowest BCUT2D eigenvalue weighted by Crippen LogP contribution is -2.51. The maximum absolute atomic E-state index is 13.7. The molecule has 232 valence electrons. The Morgan fingerprint density at radius 1 is 0.884 bits per heavy atom. The summed E-state index contributed by atoms with van der Waals surface area (Å²) in [6.07, 6.45) is -4.28. The molecule has 43 heavy (non-hydrogen) atoms. The van der Waals surface area contributed by atoms with E-state index in [1.165, 1.54) is 0 Å². The number of esters is 1. The first-order valence-electron chi connectivity index (χ1n) is 14.3. The zero-order valence-corrected chi connectivity index (χ0v) is 24.6. The van der Waals surface area contributed by atoms with Crippen LogP contribution in [0.3, 0.4) is 0 Å². The van der Waals surface area contributed by atoms with Crippen molar-refractivity contribution in [1.82, 2.24) is 10.6 Å². The van der Waals surface area contributed by atoms with E-state index in [2.05, 4.69) is 10.6 Å². The first-order chi connectivity index (χ1) is 20.5. The zero-order valence-electron chi connectivity index (χ0n) is 24.6. The molecule has 2 N–H and O–H groups in total. The number of rotatable bonds is 10. The SMILES string of the molecule is CC1(C)O[C@@H]2O[C@H]([C@@H]3COC(C)(C)O3)[C@H](OC(=O)[C@@H](Cc3ccccc3)NC(=O)CNC(=O)OCc3ccccc3)[C@@H]2O1. The molecule has 12 heteroatoms. The number of carbonyl (C=O) groups is 3. The first kappa shape index (κ1) is 30.9. The van der Waals surface area contributed by atoms with Gasteiger partial charge in [0.1, 0.15) is 31.4 Å². The Kier molecular flexibility index (Phi) is 9.33. The molecule has 3 saturated heterocycles. The summed E-state index contributed by atoms with van der Waals surface area (Å²) in [5, 5.41) is 5.10. The molecule has 6 atom stereocenters. The highest BCUT2D eigenvalue weighted by Crippen LogP contribution is 2.42. The third-order valence-corrected chi connectivity index (χ3v) is 7.18. The molecule has 2 aromatic carbocycles. The molecule has 2 aromatic rings. The molecule has 0 bridgehead atoms. The summed E-state index contributed by atoms with van der Waals surface area (Å²) in [6, 6.07) is 17.3. The predicted octanol–water partition coefficient (Wildman–Crippen LogP) is 2.58. The van der Waals surface area contributed by atoms with Crippen LogP contribution in [0.25, 0.3) is 0 Å². The topological polar surface area (TPSA) is 140 Å². The van der Waals surface area contributed by atoms with Gasteiger partial charge in [-0.15, -0.1) is 0 Å². The lowest BCUT2D eigenvalue weighted by molar-refractivity contribution is -0.235. The van der Waals surface area contributed by atoms with E-state index in [-0.39, 0.29) is 19.6 Å². The fourth-order valence-electron chi connectivity index (χ4n) is 5.25. The average molecular weight is 599 g/mol. The Hall–Kier alpha value is -3.55. The van der Waals surface area contributed by atoms with E-state index in [1.807, 2.05) is 60.7 Å². The summed E-state index contributed by atoms with van der Waals surface area (Å²) >= 11 is 0. The van der Waals surface area contributed by atoms with E-state index in [0.717, 1.165) is 11.1 Å². The lowest BCUT2D eigenvalue weighted by atomic mass is 10.0. The number of fused-ring (bicyclic) bond motifs is 1. The molecule has 3 aliphatic rings. The molecular formula is C31H38N2O10. The van der Waals surface area contributed by atoms with Crippen molar-refractivity contribution in [3.05, 3.63) is 71.8 Å². The molecule has 3 fully saturated rings. The van der Waals surface area contributed by atoms with Crippen molar-refractivity contribution in [3.63, 3.8) is 0 Å². The predicted molar refractivity (Wildman–Crippen MR) is 150 cm³/mol. The van der Waals surface area contributed by atoms with Crippen molar-refractivity contribution >= 4 is 18.0 Å². The number of nitrogens with one attached hydrogen (secondary N) is 2. The van der Waals surface area contributed by atoms with Crippen LogP contribution >= 0.6 is 0 Å². The maximum atomic E-state index is 13.7. The third-order valence-electron chi connectivity index (χ3n) is 7.18. The fourth-order valence-corrected chi connectivity index (χ4v) is 5.25. The van der Waals surface area contributed by atoms with Gasteiger partial charge >= 0.3 is 12.1 Å². The minimum absolute atomic E-state index is 0.0551. The summed E-state index contributed by atoms with van der Waals surface area (Å²) in [5.74, 6) is -3.08. The Balaban J connectivity index is 1.24. The minimum Gasteiger partial charge on any atom is -0.455 e. The number of benzene rings is 2. The quantitative estimate of drug-likeness (QED) is 0.392. The Morgan fingerprint density at radius 2 is 1.56 bits per heavy atom. The van der Waals surface area contributed by atoms with Gasteiger partial charge in [0.05, 0.1) is 6.61 Å². The van der Waals surface area contributed by atoms with Gasteiger partial charge in [-0.2, -0.15) is 0 Å². The van der Waals surface area contributed by atoms with E-state index in [0.29, 0.717) is 0 Å². The van der Waals surface area contributed by atoms with E-state index in [9.17, 15) is 14.4 Å². The van der Waals surface area contributed by atoms with Gasteiger partial charge in [0.25, 0.3) is 0 Å². The van der Waals surface area contributed by atoms with Crippen molar-refractivity contribution < 1.29 is 47.5 Å². The minimum atomic E-state index is -1.08. The van der Waals surface area contributed by atoms with Crippen LogP contribution in [0.4, 0.5) is 4.79 Å². The van der Waals surface area contributed by atoms with Crippen LogP contribution in [0.1, 0.15) is 38.8 Å². The Labute approximate surface area is 250 Å². The molecule has 12 nitrogen and oxygen atoms in total. The van der Waals surface area contributed by atoms with E-state index < -0.39 is 72.8 Å². The standard InChI is InChI=1S/C31H38N2O10/c1-30(2)38-18-22(41-30)24-25(26-28(40-24)43-31(3,4)42-26)39-27(35)21(15-19-11-7-5-8-12-19)33-23(34)16-32-29(36)37-17-20-13-9-6-10-14-20/h5-14,21-22,24-26,28H,15-18H2,1-4H3,(H,32,36)(H,33,34)/t21-,22+,24-,25+,26+,28+/m1/s1. The van der Waals surface area contributed by atoms with E-state index in [1.54, 1.807) is 27.7 Å². The summed E-state index contributed by atoms with van der Waals surface area (Å²) in [7, 11) is 0. The van der Waals surface area contributed by atoms with Crippen LogP contribution in [0.2, 0.25) is 0 Å². The smallest absolute Gasteiger partial charge is 0.407 e. The Morgan fingerprint density at radius 3 is 2.21 bits per heavy atom. The highest BCUT2D eigenvalue weighted by atomic mass is 16.8. The normalized spacial score (nSPS) is 27.6. The summed E-state index contributed by atoms with van der Waals surface area (Å²) in [5.41, 5.74) is 1.61. The molecule has 0 aromatic heterocycles. The van der Waals surface area contributed by atoms with Crippen LogP contribution in [0.15, 0.2) is 60.7 Å². The lowest BCUT2D eigenvalue weighted by Gasteiger charge is -2.30. The number of alkyl carbamates (subject to hydrolysis) is 1. The van der Waals surface area contributed by atoms with Crippen molar-refractivity contribution in [2.75, 3.05) is 13.2 Å². The van der Waals surface area contributed by atoms with Gasteiger partial charge in [-0.3, -0.25) is 4.79 Å². The number of ether oxygens (including phenoxy) is 7. The molecule has 0 unspecified atom stereocenters. The van der Waals surface area contributed by atoms with Crippen molar-refractivity contribution in [3.8, 4) is 0 Å². The largest absolute Gasteiger partial charge is 0.455 e. The van der Waals surface area contributed by atoms with Crippen molar-refractivity contribution in [2.24, 2.45) is 0 Å². The second kappa shape index (κ2) is 13.0. The number of carbonyl (C=O) groups excluding carboxylic acids is 3. The highest BCUT2D eigenvalue weighted by molar-refractivity contribution is 5.87. The van der Waals surface area contributed by atoms with Gasteiger partial charge in [0.2, 0.25) is 5.91 Å². The molecule has 2 amide bonds. The molecule has 0 saturated carbocycles. The monoisotopic (exact) mass is 598 g/mol. The zero-order chi connectivity index (χ0) is 30.6. The van der Waals surface area contributed by atoms with Gasteiger partial charge in [-0.25, -0.2) is 9.59 Å². The second-order valence-corrected chi connectivity index (χ2v) is 11.6. The van der Waals surface area contributed by atoms with E-state index in [4.69, 9.17) is 33.2 Å². The van der Waals surface area contributed by atoms with Crippen LogP contribution in [0.5, 0.6) is 0 Å². The van der Waals surface area contributed by atoms with Crippen LogP contribution in [-0.2, 0) is 55.8 Å². The van der Waals surface area contributed by atoms with Crippen LogP contribution in [0, 0.1) is 0 Å². The van der Waals surface area contributed by atoms with Gasteiger partial charge in [-0.05, 0) is 38.8 Å². The first-order valence-corrected chi connectivity index (χ1v) is 14.3. The van der Waals surface area contributed by atoms with E-state index >= 15 is 0 Å². The number of hydrogen-bond acceptors (Lipinski definition) is 10. The van der Waals surface area contributed by atoms with Crippen molar-refractivity contribution in [1.29, 1.82) is 0 Å². The molecule has 3 heterocycles. The average Bonchev–Trinajstić information content (AvgIpc) is 3.60. The molecule has 0 aliphatic carbocycles. The molecule has 5 rings (SSSR count). The highest BCUT2D eigenvalue weighted by Gasteiger charge is 2.60. The van der Waals surface area contributed by atoms with Gasteiger partial charge < -0.3 is 43.8 Å². The summed E-state index contributed by atoms with van der Waals surface area (Å²) in [6.45, 7) is 6.95. The third kappa shape index (κ3) is 8.09. The Bertz CT molecular complexity index is 1270. The molecule has 3 aliphatic heterocycles. The molecular weight excluding hydrogens is 560 g/mol. The summed E-state index contributed by atoms with van der Waals surface area (Å²) < 4.78 is 41.0.